The number of rotatable bonds is 23. The Kier molecular flexibility index (Phi) is 18.2. The van der Waals surface area contributed by atoms with E-state index < -0.39 is 42.9 Å². The van der Waals surface area contributed by atoms with E-state index in [1.54, 1.807) is 18.9 Å². The topological polar surface area (TPSA) is 83.1 Å². The summed E-state index contributed by atoms with van der Waals surface area (Å²) in [4.78, 5) is 0. The average molecular weight is 897 g/mol. The second kappa shape index (κ2) is 25.3. The maximum Gasteiger partial charge on any atom is 0.186 e. The van der Waals surface area contributed by atoms with Gasteiger partial charge in [-0.15, -0.1) is 11.8 Å². The molecule has 2 heterocycles. The molecule has 65 heavy (non-hydrogen) atoms. The first kappa shape index (κ1) is 46.8. The third-order valence-corrected chi connectivity index (χ3v) is 12.8. The first-order chi connectivity index (χ1) is 32.2. The fraction of sp³-hybridized carbons (Fsp3) is 0.345. The van der Waals surface area contributed by atoms with Crippen molar-refractivity contribution in [2.75, 3.05) is 19.5 Å². The Morgan fingerprint density at radius 1 is 0.415 bits per heavy atom. The highest BCUT2D eigenvalue weighted by Crippen LogP contribution is 2.37. The first-order valence-electron chi connectivity index (χ1n) is 22.5. The molecule has 0 radical (unpaired) electrons. The molecular weight excluding hydrogens is 837 g/mol. The molecule has 6 aromatic rings. The molecule has 8 rings (SSSR count). The molecule has 10 heteroatoms. The van der Waals surface area contributed by atoms with E-state index in [0.717, 1.165) is 33.4 Å². The van der Waals surface area contributed by atoms with E-state index in [0.29, 0.717) is 58.4 Å². The van der Waals surface area contributed by atoms with Crippen LogP contribution in [0.1, 0.15) is 39.8 Å². The molecule has 9 nitrogen and oxygen atoms in total. The van der Waals surface area contributed by atoms with E-state index in [9.17, 15) is 0 Å². The molecule has 2 saturated heterocycles. The molecule has 0 spiro atoms. The molecule has 0 saturated carbocycles. The van der Waals surface area contributed by atoms with Gasteiger partial charge in [-0.05, 0) is 33.4 Å². The molecule has 0 N–H and O–H groups in total. The molecule has 2 aliphatic rings. The van der Waals surface area contributed by atoms with E-state index in [4.69, 9.17) is 42.6 Å². The van der Waals surface area contributed by atoms with Crippen LogP contribution >= 0.6 is 11.8 Å². The van der Waals surface area contributed by atoms with Gasteiger partial charge in [0.15, 0.2) is 6.29 Å². The van der Waals surface area contributed by atoms with Gasteiger partial charge >= 0.3 is 0 Å². The lowest BCUT2D eigenvalue weighted by Crippen LogP contribution is -2.61. The fourth-order valence-corrected chi connectivity index (χ4v) is 9.41. The highest BCUT2D eigenvalue weighted by Gasteiger charge is 2.49. The summed E-state index contributed by atoms with van der Waals surface area (Å²) in [7, 11) is 1.65. The number of benzene rings is 6. The molecule has 2 aliphatic heterocycles. The van der Waals surface area contributed by atoms with Gasteiger partial charge in [0, 0.05) is 19.3 Å². The van der Waals surface area contributed by atoms with Gasteiger partial charge in [0.1, 0.15) is 36.0 Å². The Morgan fingerprint density at radius 2 is 0.800 bits per heavy atom. The van der Waals surface area contributed by atoms with Crippen LogP contribution < -0.4 is 0 Å². The van der Waals surface area contributed by atoms with Crippen molar-refractivity contribution in [1.29, 1.82) is 0 Å². The molecule has 6 aromatic carbocycles. The van der Waals surface area contributed by atoms with Crippen molar-refractivity contribution in [3.63, 3.8) is 0 Å². The Labute approximate surface area is 388 Å². The predicted molar refractivity (Wildman–Crippen MR) is 253 cm³/mol. The summed E-state index contributed by atoms with van der Waals surface area (Å²) >= 11 is 1.68. The largest absolute Gasteiger partial charge is 0.374 e. The molecule has 9 atom stereocenters. The fourth-order valence-electron chi connectivity index (χ4n) is 8.19. The van der Waals surface area contributed by atoms with Gasteiger partial charge in [0.05, 0.1) is 58.5 Å². The zero-order valence-electron chi connectivity index (χ0n) is 37.0. The third kappa shape index (κ3) is 14.2. The lowest BCUT2D eigenvalue weighted by Gasteiger charge is -2.46. The van der Waals surface area contributed by atoms with E-state index in [-0.39, 0.29) is 11.5 Å². The third-order valence-electron chi connectivity index (χ3n) is 11.6. The summed E-state index contributed by atoms with van der Waals surface area (Å²) in [6.07, 6.45) is -3.39. The molecule has 0 bridgehead atoms. The lowest BCUT2D eigenvalue weighted by molar-refractivity contribution is -0.313. The lowest BCUT2D eigenvalue weighted by atomic mass is 9.98. The number of hydrogen-bond acceptors (Lipinski definition) is 10. The van der Waals surface area contributed by atoms with Crippen LogP contribution in [0.15, 0.2) is 182 Å². The van der Waals surface area contributed by atoms with E-state index in [1.165, 1.54) is 0 Å². The average Bonchev–Trinajstić information content (AvgIpc) is 3.37. The van der Waals surface area contributed by atoms with Crippen molar-refractivity contribution in [3.8, 4) is 0 Å². The zero-order valence-corrected chi connectivity index (χ0v) is 37.8. The van der Waals surface area contributed by atoms with Crippen LogP contribution in [0.25, 0.3) is 0 Å². The summed E-state index contributed by atoms with van der Waals surface area (Å²) in [6, 6.07) is 61.1. The van der Waals surface area contributed by atoms with Gasteiger partial charge in [-0.1, -0.05) is 182 Å². The van der Waals surface area contributed by atoms with Crippen LogP contribution in [-0.2, 0) is 82.3 Å². The molecule has 7 unspecified atom stereocenters. The second-order valence-corrected chi connectivity index (χ2v) is 17.5. The van der Waals surface area contributed by atoms with Crippen molar-refractivity contribution < 1.29 is 42.6 Å². The highest BCUT2D eigenvalue weighted by molar-refractivity contribution is 7.99. The van der Waals surface area contributed by atoms with Gasteiger partial charge in [-0.25, -0.2) is 0 Å². The Morgan fingerprint density at radius 3 is 1.25 bits per heavy atom. The van der Waals surface area contributed by atoms with Crippen molar-refractivity contribution in [3.05, 3.63) is 215 Å². The van der Waals surface area contributed by atoms with Crippen molar-refractivity contribution >= 4 is 11.8 Å². The summed E-state index contributed by atoms with van der Waals surface area (Å²) in [5.41, 5.74) is 6.10. The number of ether oxygens (including phenoxy) is 9. The standard InChI is InChI=1S/C55H60O9S/c1-56-55-54(62-38-46-30-18-7-19-31-46)53(61-37-45-28-16-6-17-29-45)52(60-36-44-26-14-5-15-27-44)49(64-55)40-65-50-32-47(58-34-42-22-10-3-11-23-42)51(59-35-43-24-12-4-13-25-43)48(63-50)39-57-33-41-20-8-2-9-21-41/h2-31,47-55H,32-40H2,1H3/t47-,48?,49?,50+,51?,52?,53?,54?,55?/m1/s1. The van der Waals surface area contributed by atoms with Crippen molar-refractivity contribution in [1.82, 2.24) is 0 Å². The molecule has 0 aliphatic carbocycles. The molecular formula is C55H60O9S. The zero-order chi connectivity index (χ0) is 44.3. The van der Waals surface area contributed by atoms with Crippen LogP contribution in [-0.4, -0.2) is 73.9 Å². The van der Waals surface area contributed by atoms with Crippen LogP contribution in [0, 0.1) is 0 Å². The van der Waals surface area contributed by atoms with Gasteiger partial charge in [-0.2, -0.15) is 0 Å². The van der Waals surface area contributed by atoms with E-state index >= 15 is 0 Å². The minimum atomic E-state index is -0.731. The maximum atomic E-state index is 7.01. The normalized spacial score (nSPS) is 24.4. The smallest absolute Gasteiger partial charge is 0.186 e. The van der Waals surface area contributed by atoms with Crippen molar-refractivity contribution in [2.45, 2.75) is 101 Å². The van der Waals surface area contributed by atoms with Crippen LogP contribution in [0.2, 0.25) is 0 Å². The van der Waals surface area contributed by atoms with Crippen LogP contribution in [0.5, 0.6) is 0 Å². The minimum Gasteiger partial charge on any atom is -0.374 e. The van der Waals surface area contributed by atoms with Gasteiger partial charge in [0.2, 0.25) is 0 Å². The molecule has 340 valence electrons. The quantitative estimate of drug-likeness (QED) is 0.0620. The van der Waals surface area contributed by atoms with Gasteiger partial charge < -0.3 is 42.6 Å². The number of hydrogen-bond donors (Lipinski definition) is 0. The Balaban J connectivity index is 1.05. The summed E-state index contributed by atoms with van der Waals surface area (Å²) in [5, 5.41) is 0. The second-order valence-electron chi connectivity index (χ2n) is 16.3. The molecule has 2 fully saturated rings. The first-order valence-corrected chi connectivity index (χ1v) is 23.6. The van der Waals surface area contributed by atoms with E-state index in [2.05, 4.69) is 60.7 Å². The van der Waals surface area contributed by atoms with E-state index in [1.807, 2.05) is 121 Å². The number of thioether (sulfide) groups is 1. The summed E-state index contributed by atoms with van der Waals surface area (Å²) in [6.45, 7) is 2.70. The Bertz CT molecular complexity index is 2190. The molecule has 0 amide bonds. The van der Waals surface area contributed by atoms with Gasteiger partial charge in [0.25, 0.3) is 0 Å². The summed E-state index contributed by atoms with van der Waals surface area (Å²) < 4.78 is 60.5. The predicted octanol–water partition coefficient (Wildman–Crippen LogP) is 10.3. The Hall–Kier alpha value is -4.69. The van der Waals surface area contributed by atoms with Gasteiger partial charge in [-0.3, -0.25) is 0 Å². The summed E-state index contributed by atoms with van der Waals surface area (Å²) in [5.74, 6) is 0.513. The maximum absolute atomic E-state index is 7.01. The SMILES string of the molecule is COC1OC(CS[C@H]2C[C@@H](OCc3ccccc3)C(OCc3ccccc3)C(COCc3ccccc3)O2)C(OCc2ccccc2)C(OCc2ccccc2)C1OCc1ccccc1. The van der Waals surface area contributed by atoms with Crippen molar-refractivity contribution in [2.24, 2.45) is 0 Å². The molecule has 0 aromatic heterocycles. The number of methoxy groups -OCH3 is 1. The minimum absolute atomic E-state index is 0.284. The van der Waals surface area contributed by atoms with Crippen LogP contribution in [0.3, 0.4) is 0 Å². The monoisotopic (exact) mass is 896 g/mol. The van der Waals surface area contributed by atoms with Crippen LogP contribution in [0.4, 0.5) is 0 Å². The highest BCUT2D eigenvalue weighted by atomic mass is 32.2.